The van der Waals surface area contributed by atoms with Crippen molar-refractivity contribution in [2.45, 2.75) is 0 Å². The maximum absolute atomic E-state index is 8.37. The summed E-state index contributed by atoms with van der Waals surface area (Å²) in [5.41, 5.74) is 0. The molecule has 0 aromatic carbocycles. The Kier molecular flexibility index (Phi) is 2.64. The number of rotatable bonds is 1. The number of hydrogen-bond donors (Lipinski definition) is 1. The molecule has 0 saturated carbocycles. The monoisotopic (exact) mass is 195 g/mol. The molecule has 0 fully saturated rings. The minimum absolute atomic E-state index is 0.00985. The SMILES string of the molecule is N#CC(=S)Nc1nnc(C#N)s1. The summed E-state index contributed by atoms with van der Waals surface area (Å²) in [5.74, 6) is 0. The predicted molar refractivity (Wildman–Crippen MR) is 46.5 cm³/mol. The Hall–Kier alpha value is -1.57. The van der Waals surface area contributed by atoms with Crippen LogP contribution in [-0.4, -0.2) is 15.2 Å². The Morgan fingerprint density at radius 1 is 1.50 bits per heavy atom. The first kappa shape index (κ1) is 8.53. The lowest BCUT2D eigenvalue weighted by Crippen LogP contribution is -2.04. The van der Waals surface area contributed by atoms with Crippen LogP contribution >= 0.6 is 23.6 Å². The summed E-state index contributed by atoms with van der Waals surface area (Å²) >= 11 is 5.61. The molecule has 0 spiro atoms. The maximum Gasteiger partial charge on any atom is 0.219 e. The van der Waals surface area contributed by atoms with Crippen molar-refractivity contribution in [2.75, 3.05) is 5.32 Å². The summed E-state index contributed by atoms with van der Waals surface area (Å²) in [6, 6.07) is 3.53. The van der Waals surface area contributed by atoms with Crippen LogP contribution in [0.15, 0.2) is 0 Å². The fourth-order valence-electron chi connectivity index (χ4n) is 0.444. The molecule has 1 aromatic rings. The molecule has 1 aromatic heterocycles. The fourth-order valence-corrected chi connectivity index (χ4v) is 1.15. The molecule has 0 bridgehead atoms. The number of anilines is 1. The highest BCUT2D eigenvalue weighted by molar-refractivity contribution is 7.81. The van der Waals surface area contributed by atoms with Gasteiger partial charge in [-0.1, -0.05) is 11.3 Å². The molecule has 1 N–H and O–H groups in total. The van der Waals surface area contributed by atoms with Crippen molar-refractivity contribution in [1.29, 1.82) is 10.5 Å². The van der Waals surface area contributed by atoms with Crippen molar-refractivity contribution in [3.63, 3.8) is 0 Å². The molecular formula is C5HN5S2. The first-order chi connectivity index (χ1) is 5.76. The number of nitriles is 2. The molecule has 0 amide bonds. The van der Waals surface area contributed by atoms with E-state index in [1.165, 1.54) is 0 Å². The van der Waals surface area contributed by atoms with E-state index in [2.05, 4.69) is 27.7 Å². The Morgan fingerprint density at radius 3 is 2.75 bits per heavy atom. The van der Waals surface area contributed by atoms with Gasteiger partial charge in [0.25, 0.3) is 0 Å². The number of aromatic nitrogens is 2. The van der Waals surface area contributed by atoms with E-state index in [0.29, 0.717) is 5.13 Å². The van der Waals surface area contributed by atoms with Gasteiger partial charge in [0.1, 0.15) is 12.1 Å². The lowest BCUT2D eigenvalue weighted by atomic mass is 10.7. The van der Waals surface area contributed by atoms with Crippen molar-refractivity contribution in [3.05, 3.63) is 5.01 Å². The first-order valence-corrected chi connectivity index (χ1v) is 3.93. The number of nitrogens with zero attached hydrogens (tertiary/aromatic N) is 4. The van der Waals surface area contributed by atoms with E-state index in [-0.39, 0.29) is 10.00 Å². The third-order valence-corrected chi connectivity index (χ3v) is 1.78. The van der Waals surface area contributed by atoms with Gasteiger partial charge in [0, 0.05) is 0 Å². The van der Waals surface area contributed by atoms with Gasteiger partial charge in [0.15, 0.2) is 4.99 Å². The molecule has 0 unspecified atom stereocenters. The van der Waals surface area contributed by atoms with E-state index in [1.807, 2.05) is 6.07 Å². The second kappa shape index (κ2) is 3.72. The lowest BCUT2D eigenvalue weighted by molar-refractivity contribution is 1.08. The highest BCUT2D eigenvalue weighted by atomic mass is 32.1. The van der Waals surface area contributed by atoms with Crippen LogP contribution in [0.3, 0.4) is 0 Å². The van der Waals surface area contributed by atoms with Crippen molar-refractivity contribution in [2.24, 2.45) is 0 Å². The van der Waals surface area contributed by atoms with Crippen molar-refractivity contribution >= 4 is 33.7 Å². The molecule has 0 aliphatic carbocycles. The maximum atomic E-state index is 8.37. The highest BCUT2D eigenvalue weighted by Gasteiger charge is 2.03. The van der Waals surface area contributed by atoms with Gasteiger partial charge in [-0.3, -0.25) is 0 Å². The number of thiocarbonyl (C=S) groups is 1. The molecule has 7 heteroatoms. The van der Waals surface area contributed by atoms with Gasteiger partial charge < -0.3 is 5.32 Å². The van der Waals surface area contributed by atoms with Gasteiger partial charge >= 0.3 is 0 Å². The van der Waals surface area contributed by atoms with E-state index in [0.717, 1.165) is 11.3 Å². The molecule has 1 rings (SSSR count). The smallest absolute Gasteiger partial charge is 0.219 e. The summed E-state index contributed by atoms with van der Waals surface area (Å²) in [7, 11) is 0. The average Bonchev–Trinajstić information content (AvgIpc) is 2.52. The van der Waals surface area contributed by atoms with Crippen LogP contribution in [0.5, 0.6) is 0 Å². The minimum Gasteiger partial charge on any atom is -0.312 e. The zero-order valence-corrected chi connectivity index (χ0v) is 7.24. The van der Waals surface area contributed by atoms with E-state index >= 15 is 0 Å². The lowest BCUT2D eigenvalue weighted by Gasteiger charge is -1.90. The van der Waals surface area contributed by atoms with E-state index in [9.17, 15) is 0 Å². The van der Waals surface area contributed by atoms with Gasteiger partial charge in [-0.2, -0.15) is 10.5 Å². The minimum atomic E-state index is 0.00985. The second-order valence-electron chi connectivity index (χ2n) is 1.59. The van der Waals surface area contributed by atoms with Gasteiger partial charge in [0.05, 0.1) is 0 Å². The van der Waals surface area contributed by atoms with Gasteiger partial charge in [-0.15, -0.1) is 10.2 Å². The van der Waals surface area contributed by atoms with Crippen molar-refractivity contribution in [1.82, 2.24) is 10.2 Å². The summed E-state index contributed by atoms with van der Waals surface area (Å²) in [5, 5.41) is 26.8. The average molecular weight is 195 g/mol. The third kappa shape index (κ3) is 1.95. The van der Waals surface area contributed by atoms with Gasteiger partial charge in [-0.05, 0) is 12.2 Å². The largest absolute Gasteiger partial charge is 0.312 e. The summed E-state index contributed by atoms with van der Waals surface area (Å²) in [4.78, 5) is 0.00985. The quantitative estimate of drug-likeness (QED) is 0.663. The van der Waals surface area contributed by atoms with Crippen LogP contribution < -0.4 is 5.32 Å². The van der Waals surface area contributed by atoms with Crippen LogP contribution in [0.25, 0.3) is 0 Å². The van der Waals surface area contributed by atoms with Gasteiger partial charge in [0.2, 0.25) is 10.1 Å². The normalized spacial score (nSPS) is 8.17. The van der Waals surface area contributed by atoms with E-state index in [1.54, 1.807) is 6.07 Å². The van der Waals surface area contributed by atoms with Gasteiger partial charge in [-0.25, -0.2) is 0 Å². The Morgan fingerprint density at radius 2 is 2.25 bits per heavy atom. The fraction of sp³-hybridized carbons (Fsp3) is 0. The zero-order chi connectivity index (χ0) is 8.97. The molecule has 12 heavy (non-hydrogen) atoms. The van der Waals surface area contributed by atoms with E-state index in [4.69, 9.17) is 10.5 Å². The predicted octanol–water partition coefficient (Wildman–Crippen LogP) is 0.673. The first-order valence-electron chi connectivity index (χ1n) is 2.71. The zero-order valence-electron chi connectivity index (χ0n) is 5.61. The van der Waals surface area contributed by atoms with Crippen LogP contribution in [0.2, 0.25) is 0 Å². The Bertz CT molecular complexity index is 381. The van der Waals surface area contributed by atoms with Crippen LogP contribution in [0, 0.1) is 22.7 Å². The molecule has 0 aliphatic heterocycles. The molecule has 1 heterocycles. The Balaban J connectivity index is 2.74. The van der Waals surface area contributed by atoms with Crippen LogP contribution in [-0.2, 0) is 0 Å². The highest BCUT2D eigenvalue weighted by Crippen LogP contribution is 2.13. The van der Waals surface area contributed by atoms with Crippen molar-refractivity contribution in [3.8, 4) is 12.1 Å². The standard InChI is InChI=1S/C5HN5S2/c6-1-3(11)8-5-10-9-4(2-7)12-5/h(H,8,10,11). The topological polar surface area (TPSA) is 85.4 Å². The summed E-state index contributed by atoms with van der Waals surface area (Å²) < 4.78 is 0. The summed E-state index contributed by atoms with van der Waals surface area (Å²) in [6.07, 6.45) is 0. The third-order valence-electron chi connectivity index (χ3n) is 0.843. The number of hydrogen-bond acceptors (Lipinski definition) is 6. The van der Waals surface area contributed by atoms with Crippen LogP contribution in [0.4, 0.5) is 5.13 Å². The summed E-state index contributed by atoms with van der Waals surface area (Å²) in [6.45, 7) is 0. The molecule has 0 aliphatic rings. The molecule has 58 valence electrons. The molecule has 5 nitrogen and oxygen atoms in total. The molecule has 0 atom stereocenters. The Labute approximate surface area is 77.3 Å². The molecule has 0 radical (unpaired) electrons. The molecule has 0 saturated heterocycles. The second-order valence-corrected chi connectivity index (χ2v) is 2.98. The van der Waals surface area contributed by atoms with Crippen LogP contribution in [0.1, 0.15) is 5.01 Å². The van der Waals surface area contributed by atoms with E-state index < -0.39 is 0 Å². The number of nitrogens with one attached hydrogen (secondary N) is 1. The van der Waals surface area contributed by atoms with Crippen molar-refractivity contribution < 1.29 is 0 Å². The molecular weight excluding hydrogens is 194 g/mol.